The lowest BCUT2D eigenvalue weighted by Gasteiger charge is -2.39. The van der Waals surface area contributed by atoms with Crippen LogP contribution in [0.25, 0.3) is 0 Å². The highest BCUT2D eigenvalue weighted by Gasteiger charge is 2.41. The zero-order chi connectivity index (χ0) is 18.8. The average Bonchev–Trinajstić information content (AvgIpc) is 3.06. The number of hydrogen-bond donors (Lipinski definition) is 0. The van der Waals surface area contributed by atoms with Crippen LogP contribution in [-0.4, -0.2) is 54.5 Å². The summed E-state index contributed by atoms with van der Waals surface area (Å²) >= 11 is 0. The van der Waals surface area contributed by atoms with Crippen molar-refractivity contribution in [3.8, 4) is 11.6 Å². The summed E-state index contributed by atoms with van der Waals surface area (Å²) in [5.74, 6) is 0.903. The van der Waals surface area contributed by atoms with Crippen LogP contribution in [0.2, 0.25) is 0 Å². The van der Waals surface area contributed by atoms with Crippen molar-refractivity contribution in [1.82, 2.24) is 9.88 Å². The zero-order valence-electron chi connectivity index (χ0n) is 15.1. The third kappa shape index (κ3) is 3.58. The zero-order valence-corrected chi connectivity index (χ0v) is 15.1. The standard InChI is InChI=1S/C20H21N3O4/c1-26-16-6-4-5-15(10-16)23-11-14(9-19(23)24)20(25)22-12-17(13-22)27-18-7-2-3-8-21-18/h2-8,10,14,17H,9,11-13H2,1H3. The number of hydrogen-bond acceptors (Lipinski definition) is 5. The second-order valence-corrected chi connectivity index (χ2v) is 6.76. The summed E-state index contributed by atoms with van der Waals surface area (Å²) in [5, 5.41) is 0. The van der Waals surface area contributed by atoms with E-state index in [1.54, 1.807) is 29.2 Å². The SMILES string of the molecule is COc1cccc(N2CC(C(=O)N3CC(Oc4ccccn4)C3)CC2=O)c1. The summed E-state index contributed by atoms with van der Waals surface area (Å²) in [4.78, 5) is 32.7. The van der Waals surface area contributed by atoms with Crippen LogP contribution in [0.1, 0.15) is 6.42 Å². The van der Waals surface area contributed by atoms with Crippen molar-refractivity contribution in [3.05, 3.63) is 48.7 Å². The van der Waals surface area contributed by atoms with Gasteiger partial charge in [-0.05, 0) is 18.2 Å². The molecule has 0 bridgehead atoms. The highest BCUT2D eigenvalue weighted by Crippen LogP contribution is 2.30. The third-order valence-corrected chi connectivity index (χ3v) is 4.92. The number of pyridine rings is 1. The summed E-state index contributed by atoms with van der Waals surface area (Å²) < 4.78 is 11.0. The van der Waals surface area contributed by atoms with Gasteiger partial charge in [-0.25, -0.2) is 4.98 Å². The van der Waals surface area contributed by atoms with E-state index in [9.17, 15) is 9.59 Å². The number of amides is 2. The molecule has 3 heterocycles. The van der Waals surface area contributed by atoms with Gasteiger partial charge in [0.1, 0.15) is 11.9 Å². The molecule has 7 nitrogen and oxygen atoms in total. The quantitative estimate of drug-likeness (QED) is 0.805. The van der Waals surface area contributed by atoms with Crippen LogP contribution >= 0.6 is 0 Å². The molecule has 4 rings (SSSR count). The normalized spacial score (nSPS) is 19.7. The molecule has 27 heavy (non-hydrogen) atoms. The second-order valence-electron chi connectivity index (χ2n) is 6.76. The van der Waals surface area contributed by atoms with Crippen molar-refractivity contribution in [2.75, 3.05) is 31.6 Å². The number of aromatic nitrogens is 1. The summed E-state index contributed by atoms with van der Waals surface area (Å²) in [5.41, 5.74) is 0.759. The number of anilines is 1. The third-order valence-electron chi connectivity index (χ3n) is 4.92. The molecule has 0 aliphatic carbocycles. The summed E-state index contributed by atoms with van der Waals surface area (Å²) in [6, 6.07) is 12.8. The van der Waals surface area contributed by atoms with E-state index in [0.717, 1.165) is 5.69 Å². The Bertz CT molecular complexity index is 836. The van der Waals surface area contributed by atoms with Crippen LogP contribution in [-0.2, 0) is 9.59 Å². The lowest BCUT2D eigenvalue weighted by atomic mass is 10.0. The van der Waals surface area contributed by atoms with Gasteiger partial charge in [0.15, 0.2) is 0 Å². The smallest absolute Gasteiger partial charge is 0.228 e. The Labute approximate surface area is 157 Å². The minimum absolute atomic E-state index is 0.00890. The molecule has 140 valence electrons. The van der Waals surface area contributed by atoms with Crippen molar-refractivity contribution in [3.63, 3.8) is 0 Å². The maximum absolute atomic E-state index is 12.7. The fourth-order valence-electron chi connectivity index (χ4n) is 3.44. The predicted molar refractivity (Wildman–Crippen MR) is 98.7 cm³/mol. The van der Waals surface area contributed by atoms with Gasteiger partial charge in [-0.2, -0.15) is 0 Å². The summed E-state index contributed by atoms with van der Waals surface area (Å²) in [6.45, 7) is 1.45. The molecule has 1 unspecified atom stereocenters. The molecule has 2 saturated heterocycles. The Morgan fingerprint density at radius 2 is 2.00 bits per heavy atom. The Balaban J connectivity index is 1.33. The van der Waals surface area contributed by atoms with Crippen LogP contribution in [0.5, 0.6) is 11.6 Å². The summed E-state index contributed by atoms with van der Waals surface area (Å²) in [6.07, 6.45) is 1.86. The first-order valence-electron chi connectivity index (χ1n) is 8.95. The van der Waals surface area contributed by atoms with Gasteiger partial charge in [0.25, 0.3) is 0 Å². The Morgan fingerprint density at radius 1 is 1.15 bits per heavy atom. The van der Waals surface area contributed by atoms with Gasteiger partial charge < -0.3 is 19.3 Å². The number of methoxy groups -OCH3 is 1. The fourth-order valence-corrected chi connectivity index (χ4v) is 3.44. The molecule has 0 radical (unpaired) electrons. The van der Waals surface area contributed by atoms with Gasteiger partial charge in [0.05, 0.1) is 26.1 Å². The van der Waals surface area contributed by atoms with E-state index < -0.39 is 0 Å². The fraction of sp³-hybridized carbons (Fsp3) is 0.350. The molecule has 2 amide bonds. The van der Waals surface area contributed by atoms with Gasteiger partial charge in [-0.15, -0.1) is 0 Å². The molecule has 0 saturated carbocycles. The van der Waals surface area contributed by atoms with Gasteiger partial charge in [0, 0.05) is 37.0 Å². The number of ether oxygens (including phenoxy) is 2. The molecule has 1 aromatic heterocycles. The second kappa shape index (κ2) is 7.26. The van der Waals surface area contributed by atoms with E-state index >= 15 is 0 Å². The topological polar surface area (TPSA) is 72.0 Å². The molecule has 2 aromatic rings. The van der Waals surface area contributed by atoms with Crippen molar-refractivity contribution in [1.29, 1.82) is 0 Å². The van der Waals surface area contributed by atoms with Crippen LogP contribution in [0.15, 0.2) is 48.7 Å². The van der Waals surface area contributed by atoms with Crippen LogP contribution < -0.4 is 14.4 Å². The lowest BCUT2D eigenvalue weighted by Crippen LogP contribution is -2.57. The van der Waals surface area contributed by atoms with E-state index in [1.165, 1.54) is 0 Å². The first kappa shape index (κ1) is 17.3. The lowest BCUT2D eigenvalue weighted by molar-refractivity contribution is -0.144. The summed E-state index contributed by atoms with van der Waals surface area (Å²) in [7, 11) is 1.59. The average molecular weight is 367 g/mol. The van der Waals surface area contributed by atoms with E-state index in [-0.39, 0.29) is 30.3 Å². The molecular formula is C20H21N3O4. The number of likely N-dealkylation sites (tertiary alicyclic amines) is 1. The molecule has 0 N–H and O–H groups in total. The first-order valence-corrected chi connectivity index (χ1v) is 8.95. The number of carbonyl (C=O) groups excluding carboxylic acids is 2. The van der Waals surface area contributed by atoms with Crippen LogP contribution in [0.3, 0.4) is 0 Å². The highest BCUT2D eigenvalue weighted by atomic mass is 16.5. The predicted octanol–water partition coefficient (Wildman–Crippen LogP) is 1.73. The number of nitrogens with zero attached hydrogens (tertiary/aromatic N) is 3. The van der Waals surface area contributed by atoms with E-state index in [1.807, 2.05) is 36.4 Å². The van der Waals surface area contributed by atoms with E-state index in [4.69, 9.17) is 9.47 Å². The van der Waals surface area contributed by atoms with Gasteiger partial charge in [-0.3, -0.25) is 9.59 Å². The minimum atomic E-state index is -0.320. The van der Waals surface area contributed by atoms with Crippen LogP contribution in [0, 0.1) is 5.92 Å². The molecule has 2 fully saturated rings. The molecule has 1 atom stereocenters. The van der Waals surface area contributed by atoms with Crippen molar-refractivity contribution in [2.45, 2.75) is 12.5 Å². The van der Waals surface area contributed by atoms with Crippen molar-refractivity contribution in [2.24, 2.45) is 5.92 Å². The monoisotopic (exact) mass is 367 g/mol. The van der Waals surface area contributed by atoms with E-state index in [2.05, 4.69) is 4.98 Å². The molecular weight excluding hydrogens is 346 g/mol. The first-order chi connectivity index (χ1) is 13.1. The molecule has 2 aliphatic heterocycles. The van der Waals surface area contributed by atoms with Crippen molar-refractivity contribution < 1.29 is 19.1 Å². The number of benzene rings is 1. The highest BCUT2D eigenvalue weighted by molar-refractivity contribution is 6.00. The van der Waals surface area contributed by atoms with E-state index in [0.29, 0.717) is 31.3 Å². The maximum atomic E-state index is 12.7. The molecule has 7 heteroatoms. The minimum Gasteiger partial charge on any atom is -0.497 e. The van der Waals surface area contributed by atoms with Crippen molar-refractivity contribution >= 4 is 17.5 Å². The number of rotatable bonds is 5. The Morgan fingerprint density at radius 3 is 2.74 bits per heavy atom. The number of carbonyl (C=O) groups is 2. The molecule has 1 aromatic carbocycles. The Hall–Kier alpha value is -3.09. The molecule has 0 spiro atoms. The molecule has 2 aliphatic rings. The van der Waals surface area contributed by atoms with Gasteiger partial charge >= 0.3 is 0 Å². The van der Waals surface area contributed by atoms with Crippen LogP contribution in [0.4, 0.5) is 5.69 Å². The Kier molecular flexibility index (Phi) is 4.66. The largest absolute Gasteiger partial charge is 0.497 e. The maximum Gasteiger partial charge on any atom is 0.228 e. The van der Waals surface area contributed by atoms with Gasteiger partial charge in [0.2, 0.25) is 17.7 Å². The van der Waals surface area contributed by atoms with Gasteiger partial charge in [-0.1, -0.05) is 12.1 Å².